The van der Waals surface area contributed by atoms with Crippen LogP contribution in [0.5, 0.6) is 0 Å². The number of rotatable bonds is 2. The number of nitrogens with zero attached hydrogens (tertiary/aromatic N) is 1. The van der Waals surface area contributed by atoms with Gasteiger partial charge in [-0.3, -0.25) is 0 Å². The third kappa shape index (κ3) is 1.60. The van der Waals surface area contributed by atoms with Gasteiger partial charge in [0.05, 0.1) is 7.11 Å². The van der Waals surface area contributed by atoms with E-state index in [0.29, 0.717) is 5.90 Å². The van der Waals surface area contributed by atoms with Crippen molar-refractivity contribution in [2.24, 2.45) is 4.99 Å². The Hall–Kier alpha value is -1.84. The summed E-state index contributed by atoms with van der Waals surface area (Å²) in [6, 6.07) is 9.63. The van der Waals surface area contributed by atoms with Gasteiger partial charge in [-0.05, 0) is 25.0 Å². The molecule has 0 saturated heterocycles. The number of ether oxygens (including phenoxy) is 2. The smallest absolute Gasteiger partial charge is 0.349 e. The van der Waals surface area contributed by atoms with E-state index in [1.807, 2.05) is 30.3 Å². The van der Waals surface area contributed by atoms with Crippen molar-refractivity contribution in [1.29, 1.82) is 0 Å². The van der Waals surface area contributed by atoms with Crippen molar-refractivity contribution in [3.05, 3.63) is 35.9 Å². The van der Waals surface area contributed by atoms with Gasteiger partial charge >= 0.3 is 5.97 Å². The molecule has 0 aromatic heterocycles. The van der Waals surface area contributed by atoms with Crippen molar-refractivity contribution in [2.75, 3.05) is 7.11 Å². The molecule has 2 aliphatic rings. The Balaban J connectivity index is 1.89. The van der Waals surface area contributed by atoms with Crippen LogP contribution in [0.25, 0.3) is 0 Å². The molecule has 1 aliphatic heterocycles. The highest BCUT2D eigenvalue weighted by atomic mass is 16.6. The topological polar surface area (TPSA) is 47.9 Å². The van der Waals surface area contributed by atoms with Crippen molar-refractivity contribution in [2.45, 2.75) is 24.5 Å². The minimum absolute atomic E-state index is 0.336. The Morgan fingerprint density at radius 3 is 2.71 bits per heavy atom. The lowest BCUT2D eigenvalue weighted by Gasteiger charge is -2.13. The summed E-state index contributed by atoms with van der Waals surface area (Å²) in [5.41, 5.74) is 0.559. The molecule has 1 aromatic rings. The number of esters is 1. The van der Waals surface area contributed by atoms with E-state index in [2.05, 4.69) is 4.99 Å². The highest BCUT2D eigenvalue weighted by molar-refractivity contribution is 5.98. The van der Waals surface area contributed by atoms with E-state index in [9.17, 15) is 4.79 Å². The van der Waals surface area contributed by atoms with Gasteiger partial charge in [-0.15, -0.1) is 0 Å². The number of methoxy groups -OCH3 is 1. The zero-order valence-electron chi connectivity index (χ0n) is 9.55. The fraction of sp³-hybridized carbons (Fsp3) is 0.385. The van der Waals surface area contributed by atoms with Crippen molar-refractivity contribution in [3.63, 3.8) is 0 Å². The summed E-state index contributed by atoms with van der Waals surface area (Å²) < 4.78 is 10.4. The number of carbonyl (C=O) groups is 1. The predicted molar refractivity (Wildman–Crippen MR) is 61.8 cm³/mol. The Morgan fingerprint density at radius 2 is 2.12 bits per heavy atom. The zero-order chi connectivity index (χ0) is 11.9. The molecule has 1 spiro atoms. The molecule has 1 saturated carbocycles. The van der Waals surface area contributed by atoms with Crippen LogP contribution in [-0.2, 0) is 14.3 Å². The number of aliphatic imine (C=N–C) groups is 1. The lowest BCUT2D eigenvalue weighted by molar-refractivity contribution is -0.149. The van der Waals surface area contributed by atoms with E-state index >= 15 is 0 Å². The largest absolute Gasteiger partial charge is 0.466 e. The van der Waals surface area contributed by atoms with Crippen LogP contribution in [0.4, 0.5) is 0 Å². The monoisotopic (exact) mass is 231 g/mol. The minimum atomic E-state index is -0.567. The van der Waals surface area contributed by atoms with Crippen LogP contribution in [-0.4, -0.2) is 30.6 Å². The summed E-state index contributed by atoms with van der Waals surface area (Å²) in [4.78, 5) is 16.2. The van der Waals surface area contributed by atoms with Crippen LogP contribution in [0, 0.1) is 0 Å². The summed E-state index contributed by atoms with van der Waals surface area (Å²) in [5, 5.41) is 0. The Morgan fingerprint density at radius 1 is 1.41 bits per heavy atom. The van der Waals surface area contributed by atoms with Gasteiger partial charge in [0.15, 0.2) is 0 Å². The maximum atomic E-state index is 11.6. The van der Waals surface area contributed by atoms with E-state index in [0.717, 1.165) is 18.4 Å². The molecule has 17 heavy (non-hydrogen) atoms. The Labute approximate surface area is 99.3 Å². The number of hydrogen-bond donors (Lipinski definition) is 0. The molecule has 1 aromatic carbocycles. The first-order valence-corrected chi connectivity index (χ1v) is 5.65. The van der Waals surface area contributed by atoms with E-state index in [-0.39, 0.29) is 11.5 Å². The summed E-state index contributed by atoms with van der Waals surface area (Å²) >= 11 is 0. The number of carbonyl (C=O) groups excluding carboxylic acids is 1. The molecule has 88 valence electrons. The van der Waals surface area contributed by atoms with Gasteiger partial charge in [0.1, 0.15) is 5.54 Å². The average Bonchev–Trinajstić information content (AvgIpc) is 3.03. The molecule has 4 nitrogen and oxygen atoms in total. The molecular formula is C13H13NO3. The first-order chi connectivity index (χ1) is 8.25. The van der Waals surface area contributed by atoms with Gasteiger partial charge in [-0.2, -0.15) is 0 Å². The second kappa shape index (κ2) is 3.58. The molecule has 0 bridgehead atoms. The summed E-state index contributed by atoms with van der Waals surface area (Å²) in [6.45, 7) is 0. The average molecular weight is 231 g/mol. The van der Waals surface area contributed by atoms with Gasteiger partial charge in [0.2, 0.25) is 12.0 Å². The third-order valence-corrected chi connectivity index (χ3v) is 3.24. The normalized spacial score (nSPS) is 24.1. The predicted octanol–water partition coefficient (Wildman–Crippen LogP) is 1.54. The van der Waals surface area contributed by atoms with Crippen LogP contribution >= 0.6 is 0 Å². The molecule has 1 fully saturated rings. The van der Waals surface area contributed by atoms with E-state index in [1.165, 1.54) is 7.11 Å². The second-order valence-electron chi connectivity index (χ2n) is 4.41. The van der Waals surface area contributed by atoms with Crippen molar-refractivity contribution >= 4 is 11.9 Å². The van der Waals surface area contributed by atoms with Crippen LogP contribution in [0.1, 0.15) is 18.4 Å². The van der Waals surface area contributed by atoms with Crippen LogP contribution in [0.2, 0.25) is 0 Å². The second-order valence-corrected chi connectivity index (χ2v) is 4.41. The Kier molecular flexibility index (Phi) is 2.18. The van der Waals surface area contributed by atoms with Gasteiger partial charge < -0.3 is 9.47 Å². The summed E-state index contributed by atoms with van der Waals surface area (Å²) in [7, 11) is 1.38. The first-order valence-electron chi connectivity index (χ1n) is 5.65. The van der Waals surface area contributed by atoms with Crippen LogP contribution < -0.4 is 0 Å². The molecule has 0 amide bonds. The number of hydrogen-bond acceptors (Lipinski definition) is 4. The van der Waals surface area contributed by atoms with Crippen molar-refractivity contribution < 1.29 is 14.3 Å². The molecule has 3 rings (SSSR count). The fourth-order valence-electron chi connectivity index (χ4n) is 2.10. The third-order valence-electron chi connectivity index (χ3n) is 3.24. The van der Waals surface area contributed by atoms with Crippen LogP contribution in [0.3, 0.4) is 0 Å². The molecular weight excluding hydrogens is 218 g/mol. The molecule has 4 heteroatoms. The molecule has 1 unspecified atom stereocenters. The minimum Gasteiger partial charge on any atom is -0.466 e. The van der Waals surface area contributed by atoms with Gasteiger partial charge in [0, 0.05) is 5.56 Å². The van der Waals surface area contributed by atoms with E-state index in [1.54, 1.807) is 0 Å². The Bertz CT molecular complexity index is 477. The van der Waals surface area contributed by atoms with Crippen LogP contribution in [0.15, 0.2) is 35.3 Å². The maximum Gasteiger partial charge on any atom is 0.349 e. The summed E-state index contributed by atoms with van der Waals surface area (Å²) in [5.74, 6) is 0.218. The molecule has 0 radical (unpaired) electrons. The first kappa shape index (κ1) is 10.3. The van der Waals surface area contributed by atoms with E-state index < -0.39 is 6.10 Å². The highest BCUT2D eigenvalue weighted by Gasteiger charge is 2.59. The maximum absolute atomic E-state index is 11.6. The molecule has 1 heterocycles. The SMILES string of the molecule is COC(=O)C1OC(c2ccccc2)=NC12CC2. The van der Waals surface area contributed by atoms with E-state index in [4.69, 9.17) is 9.47 Å². The molecule has 0 N–H and O–H groups in total. The molecule has 1 aliphatic carbocycles. The number of benzene rings is 1. The summed E-state index contributed by atoms with van der Waals surface area (Å²) in [6.07, 6.45) is 1.22. The van der Waals surface area contributed by atoms with Gasteiger partial charge in [0.25, 0.3) is 0 Å². The lowest BCUT2D eigenvalue weighted by Crippen LogP contribution is -2.34. The highest BCUT2D eigenvalue weighted by Crippen LogP contribution is 2.48. The van der Waals surface area contributed by atoms with Gasteiger partial charge in [-0.1, -0.05) is 18.2 Å². The zero-order valence-corrected chi connectivity index (χ0v) is 9.55. The fourth-order valence-corrected chi connectivity index (χ4v) is 2.10. The standard InChI is InChI=1S/C13H13NO3/c1-16-12(15)10-13(7-8-13)14-11(17-10)9-5-3-2-4-6-9/h2-6,10H,7-8H2,1H3. The lowest BCUT2D eigenvalue weighted by atomic mass is 10.1. The van der Waals surface area contributed by atoms with Gasteiger partial charge in [-0.25, -0.2) is 9.79 Å². The van der Waals surface area contributed by atoms with Crippen molar-refractivity contribution in [1.82, 2.24) is 0 Å². The van der Waals surface area contributed by atoms with Crippen molar-refractivity contribution in [3.8, 4) is 0 Å². The molecule has 1 atom stereocenters. The quantitative estimate of drug-likeness (QED) is 0.725.